The summed E-state index contributed by atoms with van der Waals surface area (Å²) < 4.78 is 3.22. The molecule has 0 bridgehead atoms. The first kappa shape index (κ1) is 19.3. The van der Waals surface area contributed by atoms with Gasteiger partial charge < -0.3 is 11.1 Å². The van der Waals surface area contributed by atoms with Gasteiger partial charge in [0, 0.05) is 24.8 Å². The van der Waals surface area contributed by atoms with Crippen molar-refractivity contribution >= 4 is 11.8 Å². The molecule has 0 spiro atoms. The Labute approximate surface area is 163 Å². The van der Waals surface area contributed by atoms with Gasteiger partial charge in [0.05, 0.1) is 11.4 Å². The largest absolute Gasteiger partial charge is 0.364 e. The lowest BCUT2D eigenvalue weighted by Crippen LogP contribution is -2.34. The van der Waals surface area contributed by atoms with Crippen molar-refractivity contribution in [1.29, 1.82) is 0 Å². The number of carbonyl (C=O) groups is 2. The lowest BCUT2D eigenvalue weighted by Gasteiger charge is -2.13. The SMILES string of the molecule is Cc1nn(C)c(C)c1CC(C)NC(=O)c1cc(C(N)=O)n(-c2ccccc2)n1. The van der Waals surface area contributed by atoms with Gasteiger partial charge in [0.25, 0.3) is 11.8 Å². The number of benzene rings is 1. The lowest BCUT2D eigenvalue weighted by atomic mass is 10.1. The molecule has 2 heterocycles. The van der Waals surface area contributed by atoms with Crippen molar-refractivity contribution in [3.63, 3.8) is 0 Å². The molecule has 0 fully saturated rings. The molecule has 1 atom stereocenters. The number of nitrogens with two attached hydrogens (primary N) is 1. The quantitative estimate of drug-likeness (QED) is 0.678. The molecule has 0 saturated heterocycles. The van der Waals surface area contributed by atoms with E-state index < -0.39 is 5.91 Å². The van der Waals surface area contributed by atoms with E-state index in [1.807, 2.05) is 50.7 Å². The Morgan fingerprint density at radius 3 is 2.43 bits per heavy atom. The van der Waals surface area contributed by atoms with E-state index in [1.54, 1.807) is 12.1 Å². The van der Waals surface area contributed by atoms with E-state index in [0.717, 1.165) is 17.0 Å². The molecule has 0 aliphatic rings. The summed E-state index contributed by atoms with van der Waals surface area (Å²) in [6.07, 6.45) is 0.652. The Bertz CT molecular complexity index is 1020. The molecular formula is C20H24N6O2. The van der Waals surface area contributed by atoms with E-state index in [1.165, 1.54) is 10.7 Å². The van der Waals surface area contributed by atoms with Gasteiger partial charge in [-0.2, -0.15) is 10.2 Å². The van der Waals surface area contributed by atoms with Crippen LogP contribution in [0.15, 0.2) is 36.4 Å². The molecule has 8 nitrogen and oxygen atoms in total. The second-order valence-electron chi connectivity index (χ2n) is 6.88. The van der Waals surface area contributed by atoms with Crippen LogP contribution >= 0.6 is 0 Å². The average Bonchev–Trinajstić information content (AvgIpc) is 3.20. The van der Waals surface area contributed by atoms with Gasteiger partial charge >= 0.3 is 0 Å². The number of para-hydroxylation sites is 1. The van der Waals surface area contributed by atoms with Gasteiger partial charge in [0.1, 0.15) is 5.69 Å². The highest BCUT2D eigenvalue weighted by atomic mass is 16.2. The number of hydrogen-bond donors (Lipinski definition) is 2. The minimum Gasteiger partial charge on any atom is -0.364 e. The average molecular weight is 380 g/mol. The fourth-order valence-corrected chi connectivity index (χ4v) is 3.20. The van der Waals surface area contributed by atoms with Crippen LogP contribution in [0.25, 0.3) is 5.69 Å². The molecule has 8 heteroatoms. The minimum absolute atomic E-state index is 0.131. The van der Waals surface area contributed by atoms with Crippen molar-refractivity contribution in [1.82, 2.24) is 24.9 Å². The Balaban J connectivity index is 1.80. The van der Waals surface area contributed by atoms with Crippen LogP contribution in [0.4, 0.5) is 0 Å². The monoisotopic (exact) mass is 380 g/mol. The molecule has 2 amide bonds. The van der Waals surface area contributed by atoms with E-state index in [4.69, 9.17) is 5.73 Å². The van der Waals surface area contributed by atoms with Crippen LogP contribution in [0.2, 0.25) is 0 Å². The predicted molar refractivity (Wildman–Crippen MR) is 105 cm³/mol. The van der Waals surface area contributed by atoms with Crippen molar-refractivity contribution in [3.8, 4) is 5.69 Å². The number of amides is 2. The molecule has 0 radical (unpaired) electrons. The fraction of sp³-hybridized carbons (Fsp3) is 0.300. The summed E-state index contributed by atoms with van der Waals surface area (Å²) in [5.41, 5.74) is 9.55. The highest BCUT2D eigenvalue weighted by Crippen LogP contribution is 2.15. The van der Waals surface area contributed by atoms with Crippen LogP contribution in [0.1, 0.15) is 44.9 Å². The molecule has 1 aromatic carbocycles. The summed E-state index contributed by atoms with van der Waals surface area (Å²) in [6, 6.07) is 10.4. The summed E-state index contributed by atoms with van der Waals surface area (Å²) in [7, 11) is 1.90. The number of primary amides is 1. The van der Waals surface area contributed by atoms with E-state index in [2.05, 4.69) is 15.5 Å². The molecule has 2 aromatic heterocycles. The molecule has 0 aliphatic carbocycles. The zero-order valence-electron chi connectivity index (χ0n) is 16.4. The van der Waals surface area contributed by atoms with Gasteiger partial charge in [0.2, 0.25) is 0 Å². The normalized spacial score (nSPS) is 12.0. The van der Waals surface area contributed by atoms with Gasteiger partial charge in [-0.05, 0) is 44.9 Å². The number of carbonyl (C=O) groups excluding carboxylic acids is 2. The highest BCUT2D eigenvalue weighted by Gasteiger charge is 2.21. The summed E-state index contributed by atoms with van der Waals surface area (Å²) in [6.45, 7) is 5.88. The predicted octanol–water partition coefficient (Wildman–Crippen LogP) is 1.68. The first-order valence-electron chi connectivity index (χ1n) is 9.03. The van der Waals surface area contributed by atoms with Crippen LogP contribution in [0.5, 0.6) is 0 Å². The molecule has 146 valence electrons. The Morgan fingerprint density at radius 1 is 1.18 bits per heavy atom. The smallest absolute Gasteiger partial charge is 0.272 e. The van der Waals surface area contributed by atoms with Gasteiger partial charge in [-0.15, -0.1) is 0 Å². The van der Waals surface area contributed by atoms with Gasteiger partial charge in [0.15, 0.2) is 5.69 Å². The molecular weight excluding hydrogens is 356 g/mol. The Kier molecular flexibility index (Phi) is 5.30. The third-order valence-corrected chi connectivity index (χ3v) is 4.74. The maximum absolute atomic E-state index is 12.7. The van der Waals surface area contributed by atoms with Crippen LogP contribution in [-0.2, 0) is 13.5 Å². The van der Waals surface area contributed by atoms with Crippen molar-refractivity contribution in [2.24, 2.45) is 12.8 Å². The first-order chi connectivity index (χ1) is 13.3. The van der Waals surface area contributed by atoms with Crippen LogP contribution in [0.3, 0.4) is 0 Å². The standard InChI is InChI=1S/C20H24N6O2/c1-12(10-16-13(2)23-25(4)14(16)3)22-20(28)17-11-18(19(21)27)26(24-17)15-8-6-5-7-9-15/h5-9,11-12H,10H2,1-4H3,(H2,21,27)(H,22,28). The van der Waals surface area contributed by atoms with Crippen LogP contribution in [-0.4, -0.2) is 37.4 Å². The maximum Gasteiger partial charge on any atom is 0.272 e. The van der Waals surface area contributed by atoms with Crippen molar-refractivity contribution in [3.05, 3.63) is 64.7 Å². The van der Waals surface area contributed by atoms with Gasteiger partial charge in [-0.3, -0.25) is 14.3 Å². The molecule has 3 rings (SSSR count). The molecule has 28 heavy (non-hydrogen) atoms. The number of nitrogens with one attached hydrogen (secondary N) is 1. The third-order valence-electron chi connectivity index (χ3n) is 4.74. The molecule has 3 N–H and O–H groups in total. The molecule has 3 aromatic rings. The van der Waals surface area contributed by atoms with E-state index in [-0.39, 0.29) is 23.3 Å². The molecule has 0 aliphatic heterocycles. The summed E-state index contributed by atoms with van der Waals surface area (Å²) in [5, 5.41) is 11.6. The van der Waals surface area contributed by atoms with Crippen LogP contribution < -0.4 is 11.1 Å². The summed E-state index contributed by atoms with van der Waals surface area (Å²) in [4.78, 5) is 24.5. The number of rotatable bonds is 6. The number of hydrogen-bond acceptors (Lipinski definition) is 4. The van der Waals surface area contributed by atoms with Crippen molar-refractivity contribution in [2.45, 2.75) is 33.2 Å². The van der Waals surface area contributed by atoms with Crippen LogP contribution in [0, 0.1) is 13.8 Å². The van der Waals surface area contributed by atoms with Crippen molar-refractivity contribution in [2.75, 3.05) is 0 Å². The zero-order chi connectivity index (χ0) is 20.4. The van der Waals surface area contributed by atoms with E-state index in [0.29, 0.717) is 12.1 Å². The third kappa shape index (κ3) is 3.80. The Hall–Kier alpha value is -3.42. The Morgan fingerprint density at radius 2 is 1.86 bits per heavy atom. The summed E-state index contributed by atoms with van der Waals surface area (Å²) >= 11 is 0. The second-order valence-corrected chi connectivity index (χ2v) is 6.88. The van der Waals surface area contributed by atoms with E-state index >= 15 is 0 Å². The number of aromatic nitrogens is 4. The zero-order valence-corrected chi connectivity index (χ0v) is 16.4. The fourth-order valence-electron chi connectivity index (χ4n) is 3.20. The highest BCUT2D eigenvalue weighted by molar-refractivity contribution is 5.97. The van der Waals surface area contributed by atoms with Gasteiger partial charge in [-0.25, -0.2) is 4.68 Å². The van der Waals surface area contributed by atoms with E-state index in [9.17, 15) is 9.59 Å². The molecule has 1 unspecified atom stereocenters. The second kappa shape index (κ2) is 7.67. The maximum atomic E-state index is 12.7. The topological polar surface area (TPSA) is 108 Å². The lowest BCUT2D eigenvalue weighted by molar-refractivity contribution is 0.0933. The number of nitrogens with zero attached hydrogens (tertiary/aromatic N) is 4. The first-order valence-corrected chi connectivity index (χ1v) is 9.03. The molecule has 0 saturated carbocycles. The summed E-state index contributed by atoms with van der Waals surface area (Å²) in [5.74, 6) is -1.01. The minimum atomic E-state index is -0.648. The number of aryl methyl sites for hydroxylation is 2. The van der Waals surface area contributed by atoms with Crippen molar-refractivity contribution < 1.29 is 9.59 Å². The van der Waals surface area contributed by atoms with Gasteiger partial charge in [-0.1, -0.05) is 18.2 Å².